The molecule has 0 saturated heterocycles. The molecule has 0 aromatic rings. The number of imide groups is 2. The Morgan fingerprint density at radius 1 is 0.577 bits per heavy atom. The molecule has 1 N–H and O–H groups in total. The van der Waals surface area contributed by atoms with Gasteiger partial charge in [-0.3, -0.25) is 29.0 Å². The number of carbonyl (C=O) groups excluding carboxylic acids is 4. The van der Waals surface area contributed by atoms with Crippen molar-refractivity contribution in [1.29, 1.82) is 0 Å². The lowest BCUT2D eigenvalue weighted by Crippen LogP contribution is -2.37. The van der Waals surface area contributed by atoms with Crippen molar-refractivity contribution in [2.75, 3.05) is 26.2 Å². The summed E-state index contributed by atoms with van der Waals surface area (Å²) < 4.78 is 0. The number of carbonyl (C=O) groups is 4. The molecule has 0 aliphatic carbocycles. The molecule has 0 fully saturated rings. The number of amides is 4. The first-order valence-corrected chi connectivity index (χ1v) is 9.05. The topological polar surface area (TPSA) is 86.8 Å². The van der Waals surface area contributed by atoms with Crippen molar-refractivity contribution < 1.29 is 19.2 Å². The van der Waals surface area contributed by atoms with Gasteiger partial charge in [0.1, 0.15) is 0 Å². The molecule has 0 bridgehead atoms. The molecule has 0 aromatic heterocycles. The summed E-state index contributed by atoms with van der Waals surface area (Å²) in [6.07, 6.45) is 2.56. The smallest absolute Gasteiger partial charge is 0.256 e. The second kappa shape index (κ2) is 8.40. The lowest BCUT2D eigenvalue weighted by atomic mass is 10.2. The van der Waals surface area contributed by atoms with E-state index in [4.69, 9.17) is 0 Å². The first-order chi connectivity index (χ1) is 12.3. The summed E-state index contributed by atoms with van der Waals surface area (Å²) >= 11 is 0. The fourth-order valence-electron chi connectivity index (χ4n) is 3.05. The van der Waals surface area contributed by atoms with E-state index in [9.17, 15) is 19.2 Å². The van der Waals surface area contributed by atoms with Crippen LogP contribution in [0.1, 0.15) is 47.0 Å². The van der Waals surface area contributed by atoms with Gasteiger partial charge in [-0.15, -0.1) is 0 Å². The van der Waals surface area contributed by atoms with Gasteiger partial charge in [0.2, 0.25) is 0 Å². The maximum absolute atomic E-state index is 11.9. The summed E-state index contributed by atoms with van der Waals surface area (Å²) in [6, 6.07) is 0. The highest BCUT2D eigenvalue weighted by atomic mass is 16.2. The highest BCUT2D eigenvalue weighted by molar-refractivity contribution is 6.19. The molecule has 0 saturated carbocycles. The number of hydrogen-bond acceptors (Lipinski definition) is 5. The van der Waals surface area contributed by atoms with Crippen LogP contribution in [-0.2, 0) is 19.2 Å². The molecule has 2 aliphatic heterocycles. The molecular formula is C19H27N3O4. The maximum Gasteiger partial charge on any atom is 0.256 e. The molecule has 142 valence electrons. The van der Waals surface area contributed by atoms with E-state index >= 15 is 0 Å². The summed E-state index contributed by atoms with van der Waals surface area (Å²) in [5, 5.41) is 3.22. The lowest BCUT2D eigenvalue weighted by molar-refractivity contribution is -0.139. The van der Waals surface area contributed by atoms with E-state index in [1.807, 2.05) is 0 Å². The fourth-order valence-corrected chi connectivity index (χ4v) is 3.05. The summed E-state index contributed by atoms with van der Waals surface area (Å²) in [4.78, 5) is 50.3. The van der Waals surface area contributed by atoms with E-state index in [-0.39, 0.29) is 23.6 Å². The van der Waals surface area contributed by atoms with Crippen LogP contribution in [0.3, 0.4) is 0 Å². The van der Waals surface area contributed by atoms with Gasteiger partial charge in [0.15, 0.2) is 0 Å². The van der Waals surface area contributed by atoms with Crippen molar-refractivity contribution in [1.82, 2.24) is 15.1 Å². The number of rotatable bonds is 9. The SMILES string of the molecule is CC1=C(C)C(=O)N(CCCCCNCCN2C(=O)C(C)=C(C)C2=O)C1=O. The third kappa shape index (κ3) is 3.93. The summed E-state index contributed by atoms with van der Waals surface area (Å²) in [7, 11) is 0. The molecule has 0 radical (unpaired) electrons. The van der Waals surface area contributed by atoms with Crippen molar-refractivity contribution in [2.45, 2.75) is 47.0 Å². The molecular weight excluding hydrogens is 334 g/mol. The van der Waals surface area contributed by atoms with Crippen LogP contribution in [0.2, 0.25) is 0 Å². The Bertz CT molecular complexity index is 598. The van der Waals surface area contributed by atoms with Gasteiger partial charge in [-0.25, -0.2) is 0 Å². The Morgan fingerprint density at radius 3 is 1.46 bits per heavy atom. The van der Waals surface area contributed by atoms with E-state index in [2.05, 4.69) is 5.32 Å². The number of unbranched alkanes of at least 4 members (excludes halogenated alkanes) is 2. The van der Waals surface area contributed by atoms with Crippen LogP contribution < -0.4 is 5.32 Å². The van der Waals surface area contributed by atoms with Crippen LogP contribution >= 0.6 is 0 Å². The monoisotopic (exact) mass is 361 g/mol. The zero-order chi connectivity index (χ0) is 19.4. The van der Waals surface area contributed by atoms with Gasteiger partial charge in [-0.1, -0.05) is 6.42 Å². The molecule has 2 aliphatic rings. The van der Waals surface area contributed by atoms with Gasteiger partial charge in [0, 0.05) is 41.9 Å². The molecule has 0 unspecified atom stereocenters. The molecule has 2 heterocycles. The Kier molecular flexibility index (Phi) is 6.47. The average Bonchev–Trinajstić information content (AvgIpc) is 2.92. The highest BCUT2D eigenvalue weighted by Gasteiger charge is 2.33. The minimum Gasteiger partial charge on any atom is -0.315 e. The summed E-state index contributed by atoms with van der Waals surface area (Å²) in [6.45, 7) is 8.88. The van der Waals surface area contributed by atoms with E-state index in [0.29, 0.717) is 41.9 Å². The maximum atomic E-state index is 11.9. The van der Waals surface area contributed by atoms with Gasteiger partial charge in [-0.2, -0.15) is 0 Å². The Labute approximate surface area is 154 Å². The second-order valence-electron chi connectivity index (χ2n) is 6.83. The van der Waals surface area contributed by atoms with E-state index < -0.39 is 0 Å². The highest BCUT2D eigenvalue weighted by Crippen LogP contribution is 2.20. The number of nitrogens with zero attached hydrogens (tertiary/aromatic N) is 2. The lowest BCUT2D eigenvalue weighted by Gasteiger charge is -2.16. The zero-order valence-corrected chi connectivity index (χ0v) is 16.0. The molecule has 0 atom stereocenters. The Balaban J connectivity index is 1.56. The Morgan fingerprint density at radius 2 is 1.00 bits per heavy atom. The van der Waals surface area contributed by atoms with Crippen LogP contribution in [0, 0.1) is 0 Å². The summed E-state index contributed by atoms with van der Waals surface area (Å²) in [5.41, 5.74) is 2.15. The fraction of sp³-hybridized carbons (Fsp3) is 0.579. The number of hydrogen-bond donors (Lipinski definition) is 1. The van der Waals surface area contributed by atoms with Gasteiger partial charge >= 0.3 is 0 Å². The predicted octanol–water partition coefficient (Wildman–Crippen LogP) is 1.16. The van der Waals surface area contributed by atoms with Gasteiger partial charge in [0.25, 0.3) is 23.6 Å². The second-order valence-corrected chi connectivity index (χ2v) is 6.83. The van der Waals surface area contributed by atoms with Gasteiger partial charge < -0.3 is 5.32 Å². The molecule has 26 heavy (non-hydrogen) atoms. The van der Waals surface area contributed by atoms with Crippen LogP contribution in [0.5, 0.6) is 0 Å². The van der Waals surface area contributed by atoms with Gasteiger partial charge in [0.05, 0.1) is 0 Å². The average molecular weight is 361 g/mol. The zero-order valence-electron chi connectivity index (χ0n) is 16.0. The van der Waals surface area contributed by atoms with E-state index in [1.165, 1.54) is 9.80 Å². The normalized spacial score (nSPS) is 18.3. The van der Waals surface area contributed by atoms with E-state index in [0.717, 1.165) is 25.8 Å². The van der Waals surface area contributed by atoms with Gasteiger partial charge in [-0.05, 0) is 47.1 Å². The molecule has 0 spiro atoms. The standard InChI is InChI=1S/C19H27N3O4/c1-12-13(2)17(24)21(16(12)23)10-7-5-6-8-20-9-11-22-18(25)14(3)15(4)19(22)26/h20H,5-11H2,1-4H3. The van der Waals surface area contributed by atoms with Crippen molar-refractivity contribution in [3.8, 4) is 0 Å². The first-order valence-electron chi connectivity index (χ1n) is 9.05. The van der Waals surface area contributed by atoms with Crippen molar-refractivity contribution >= 4 is 23.6 Å². The van der Waals surface area contributed by atoms with E-state index in [1.54, 1.807) is 27.7 Å². The van der Waals surface area contributed by atoms with Crippen molar-refractivity contribution in [2.24, 2.45) is 0 Å². The molecule has 0 aromatic carbocycles. The minimum absolute atomic E-state index is 0.176. The third-order valence-corrected chi connectivity index (χ3v) is 5.14. The quantitative estimate of drug-likeness (QED) is 0.492. The third-order valence-electron chi connectivity index (χ3n) is 5.14. The largest absolute Gasteiger partial charge is 0.315 e. The van der Waals surface area contributed by atoms with Crippen molar-refractivity contribution in [3.63, 3.8) is 0 Å². The Hall–Kier alpha value is -2.28. The minimum atomic E-state index is -0.201. The predicted molar refractivity (Wildman–Crippen MR) is 96.9 cm³/mol. The van der Waals surface area contributed by atoms with Crippen LogP contribution in [0.15, 0.2) is 22.3 Å². The molecule has 7 nitrogen and oxygen atoms in total. The van der Waals surface area contributed by atoms with Crippen LogP contribution in [0.4, 0.5) is 0 Å². The van der Waals surface area contributed by atoms with Crippen LogP contribution in [0.25, 0.3) is 0 Å². The van der Waals surface area contributed by atoms with Crippen molar-refractivity contribution in [3.05, 3.63) is 22.3 Å². The first kappa shape index (κ1) is 20.0. The van der Waals surface area contributed by atoms with Crippen LogP contribution in [-0.4, -0.2) is 59.6 Å². The molecule has 4 amide bonds. The molecule has 7 heteroatoms. The number of nitrogens with one attached hydrogen (secondary N) is 1. The molecule has 2 rings (SSSR count). The summed E-state index contributed by atoms with van der Waals surface area (Å²) in [5.74, 6) is -0.753.